The molecule has 2 aromatic carbocycles. The summed E-state index contributed by atoms with van der Waals surface area (Å²) in [6.45, 7) is 0. The highest BCUT2D eigenvalue weighted by Gasteiger charge is 2.39. The minimum absolute atomic E-state index is 0.0313. The number of para-hydroxylation sites is 1. The summed E-state index contributed by atoms with van der Waals surface area (Å²) in [4.78, 5) is 16.6. The first-order valence-electron chi connectivity index (χ1n) is 8.64. The zero-order valence-electron chi connectivity index (χ0n) is 14.5. The number of benzene rings is 2. The number of hydrogen-bond acceptors (Lipinski definition) is 4. The Hall–Kier alpha value is -3.15. The van der Waals surface area contributed by atoms with Gasteiger partial charge in [0.1, 0.15) is 12.1 Å². The van der Waals surface area contributed by atoms with Gasteiger partial charge in [-0.15, -0.1) is 0 Å². The molecule has 132 valence electrons. The summed E-state index contributed by atoms with van der Waals surface area (Å²) in [6, 6.07) is 17.7. The number of anilines is 1. The second-order valence-corrected chi connectivity index (χ2v) is 6.46. The maximum absolute atomic E-state index is 12.4. The first kappa shape index (κ1) is 16.3. The molecule has 0 bridgehead atoms. The zero-order chi connectivity index (χ0) is 17.9. The highest BCUT2D eigenvalue weighted by molar-refractivity contribution is 5.89. The summed E-state index contributed by atoms with van der Waals surface area (Å²) in [6.07, 6.45) is 2.96. The predicted octanol–water partition coefficient (Wildman–Crippen LogP) is 3.41. The number of methoxy groups -OCH3 is 1. The van der Waals surface area contributed by atoms with E-state index in [0.717, 1.165) is 17.9 Å². The number of carbonyl (C=O) groups is 1. The third kappa shape index (κ3) is 3.44. The molecule has 0 aliphatic heterocycles. The highest BCUT2D eigenvalue weighted by Crippen LogP contribution is 2.49. The number of hydrogen-bond donors (Lipinski definition) is 1. The molecule has 0 saturated heterocycles. The lowest BCUT2D eigenvalue weighted by Gasteiger charge is -2.07. The fraction of sp³-hybridized carbons (Fsp3) is 0.250. The van der Waals surface area contributed by atoms with E-state index in [0.29, 0.717) is 24.2 Å². The Morgan fingerprint density at radius 1 is 1.19 bits per heavy atom. The summed E-state index contributed by atoms with van der Waals surface area (Å²) in [7, 11) is 1.66. The van der Waals surface area contributed by atoms with Gasteiger partial charge in [0, 0.05) is 6.42 Å². The molecule has 1 amide bonds. The molecular formula is C20H20N4O2. The van der Waals surface area contributed by atoms with Gasteiger partial charge in [-0.1, -0.05) is 30.3 Å². The monoisotopic (exact) mass is 348 g/mol. The first-order chi connectivity index (χ1) is 12.7. The largest absolute Gasteiger partial charge is 0.497 e. The lowest BCUT2D eigenvalue weighted by Crippen LogP contribution is -2.16. The number of rotatable bonds is 6. The molecule has 26 heavy (non-hydrogen) atoms. The van der Waals surface area contributed by atoms with Gasteiger partial charge in [0.05, 0.1) is 12.8 Å². The fourth-order valence-corrected chi connectivity index (χ4v) is 3.23. The van der Waals surface area contributed by atoms with E-state index in [-0.39, 0.29) is 5.91 Å². The van der Waals surface area contributed by atoms with E-state index in [2.05, 4.69) is 27.5 Å². The maximum atomic E-state index is 12.4. The minimum atomic E-state index is -0.0313. The van der Waals surface area contributed by atoms with E-state index < -0.39 is 0 Å². The van der Waals surface area contributed by atoms with Gasteiger partial charge in [0.2, 0.25) is 11.9 Å². The SMILES string of the molecule is COc1ccc([C@@H]2C[C@H]2CC(=O)Nc2ncnn2-c2ccccc2)cc1. The van der Waals surface area contributed by atoms with Crippen LogP contribution in [0.5, 0.6) is 5.75 Å². The molecule has 3 aromatic rings. The van der Waals surface area contributed by atoms with E-state index in [1.165, 1.54) is 11.9 Å². The van der Waals surface area contributed by atoms with E-state index in [9.17, 15) is 4.79 Å². The summed E-state index contributed by atoms with van der Waals surface area (Å²) >= 11 is 0. The number of nitrogens with one attached hydrogen (secondary N) is 1. The van der Waals surface area contributed by atoms with Gasteiger partial charge in [-0.2, -0.15) is 14.8 Å². The highest BCUT2D eigenvalue weighted by atomic mass is 16.5. The van der Waals surface area contributed by atoms with Crippen LogP contribution in [0.3, 0.4) is 0 Å². The van der Waals surface area contributed by atoms with Crippen LogP contribution in [0.25, 0.3) is 5.69 Å². The number of ether oxygens (including phenoxy) is 1. The zero-order valence-corrected chi connectivity index (χ0v) is 14.5. The lowest BCUT2D eigenvalue weighted by atomic mass is 10.1. The van der Waals surface area contributed by atoms with Crippen LogP contribution < -0.4 is 10.1 Å². The second kappa shape index (κ2) is 7.00. The Morgan fingerprint density at radius 3 is 2.69 bits per heavy atom. The van der Waals surface area contributed by atoms with E-state index in [1.54, 1.807) is 11.8 Å². The van der Waals surface area contributed by atoms with E-state index in [1.807, 2.05) is 42.5 Å². The molecule has 1 saturated carbocycles. The van der Waals surface area contributed by atoms with Crippen LogP contribution >= 0.6 is 0 Å². The Bertz CT molecular complexity index is 890. The van der Waals surface area contributed by atoms with Crippen LogP contribution in [0.1, 0.15) is 24.3 Å². The lowest BCUT2D eigenvalue weighted by molar-refractivity contribution is -0.116. The molecule has 6 heteroatoms. The molecule has 2 atom stereocenters. The van der Waals surface area contributed by atoms with Crippen molar-refractivity contribution >= 4 is 11.9 Å². The number of nitrogens with zero attached hydrogens (tertiary/aromatic N) is 3. The predicted molar refractivity (Wildman–Crippen MR) is 98.4 cm³/mol. The third-order valence-corrected chi connectivity index (χ3v) is 4.71. The molecule has 0 radical (unpaired) electrons. The normalized spacial score (nSPS) is 18.3. The van der Waals surface area contributed by atoms with Crippen molar-refractivity contribution in [3.8, 4) is 11.4 Å². The van der Waals surface area contributed by atoms with Crippen molar-refractivity contribution in [2.24, 2.45) is 5.92 Å². The van der Waals surface area contributed by atoms with Crippen molar-refractivity contribution in [1.29, 1.82) is 0 Å². The first-order valence-corrected chi connectivity index (χ1v) is 8.64. The van der Waals surface area contributed by atoms with Crippen molar-refractivity contribution < 1.29 is 9.53 Å². The van der Waals surface area contributed by atoms with Crippen LogP contribution in [-0.2, 0) is 4.79 Å². The summed E-state index contributed by atoms with van der Waals surface area (Å²) in [5.74, 6) is 2.08. The Kier molecular flexibility index (Phi) is 4.39. The minimum Gasteiger partial charge on any atom is -0.497 e. The standard InChI is InChI=1S/C20H20N4O2/c1-26-17-9-7-14(8-10-17)18-11-15(18)12-19(25)23-20-21-13-22-24(20)16-5-3-2-4-6-16/h2-10,13,15,18H,11-12H2,1H3,(H,21,22,23,25)/t15-,18-/m0/s1. The fourth-order valence-electron chi connectivity index (χ4n) is 3.23. The summed E-state index contributed by atoms with van der Waals surface area (Å²) < 4.78 is 6.82. The van der Waals surface area contributed by atoms with Crippen molar-refractivity contribution in [3.05, 3.63) is 66.5 Å². The van der Waals surface area contributed by atoms with Crippen LogP contribution in [0.15, 0.2) is 60.9 Å². The molecule has 0 unspecified atom stereocenters. The molecule has 1 N–H and O–H groups in total. The van der Waals surface area contributed by atoms with Crippen molar-refractivity contribution in [3.63, 3.8) is 0 Å². The third-order valence-electron chi connectivity index (χ3n) is 4.71. The van der Waals surface area contributed by atoms with Crippen LogP contribution in [0.2, 0.25) is 0 Å². The molecule has 1 aromatic heterocycles. The maximum Gasteiger partial charge on any atom is 0.232 e. The molecule has 0 spiro atoms. The molecule has 1 fully saturated rings. The molecule has 4 rings (SSSR count). The Labute approximate surface area is 151 Å². The summed E-state index contributed by atoms with van der Waals surface area (Å²) in [5, 5.41) is 7.07. The number of amides is 1. The molecular weight excluding hydrogens is 328 g/mol. The molecule has 1 heterocycles. The Balaban J connectivity index is 1.36. The van der Waals surface area contributed by atoms with Gasteiger partial charge < -0.3 is 4.74 Å². The number of carbonyl (C=O) groups excluding carboxylic acids is 1. The van der Waals surface area contributed by atoms with Gasteiger partial charge in [-0.05, 0) is 48.1 Å². The van der Waals surface area contributed by atoms with E-state index >= 15 is 0 Å². The van der Waals surface area contributed by atoms with Gasteiger partial charge in [-0.25, -0.2) is 0 Å². The second-order valence-electron chi connectivity index (χ2n) is 6.46. The molecule has 1 aliphatic carbocycles. The van der Waals surface area contributed by atoms with Gasteiger partial charge >= 0.3 is 0 Å². The van der Waals surface area contributed by atoms with Crippen molar-refractivity contribution in [2.45, 2.75) is 18.8 Å². The van der Waals surface area contributed by atoms with Crippen molar-refractivity contribution in [2.75, 3.05) is 12.4 Å². The van der Waals surface area contributed by atoms with Crippen LogP contribution in [-0.4, -0.2) is 27.8 Å². The van der Waals surface area contributed by atoms with E-state index in [4.69, 9.17) is 4.74 Å². The summed E-state index contributed by atoms with van der Waals surface area (Å²) in [5.41, 5.74) is 2.12. The molecule has 6 nitrogen and oxygen atoms in total. The average molecular weight is 348 g/mol. The average Bonchev–Trinajstić information content (AvgIpc) is 3.28. The quantitative estimate of drug-likeness (QED) is 0.741. The van der Waals surface area contributed by atoms with Gasteiger partial charge in [-0.3, -0.25) is 10.1 Å². The topological polar surface area (TPSA) is 69.0 Å². The van der Waals surface area contributed by atoms with Gasteiger partial charge in [0.25, 0.3) is 0 Å². The van der Waals surface area contributed by atoms with Gasteiger partial charge in [0.15, 0.2) is 0 Å². The number of aromatic nitrogens is 3. The Morgan fingerprint density at radius 2 is 1.96 bits per heavy atom. The van der Waals surface area contributed by atoms with Crippen molar-refractivity contribution in [1.82, 2.24) is 14.8 Å². The van der Waals surface area contributed by atoms with Crippen LogP contribution in [0, 0.1) is 5.92 Å². The smallest absolute Gasteiger partial charge is 0.232 e. The molecule has 1 aliphatic rings. The van der Waals surface area contributed by atoms with Crippen LogP contribution in [0.4, 0.5) is 5.95 Å².